The fraction of sp³-hybridized carbons (Fsp3) is 1.00. The minimum Gasteiger partial charge on any atom is -0.359 e. The molecular formula is C7H15NO. The van der Waals surface area contributed by atoms with E-state index in [-0.39, 0.29) is 5.72 Å². The topological polar surface area (TPSA) is 21.3 Å². The van der Waals surface area contributed by atoms with Crippen molar-refractivity contribution in [2.75, 3.05) is 6.61 Å². The molecule has 1 N–H and O–H groups in total. The molecule has 1 saturated heterocycles. The lowest BCUT2D eigenvalue weighted by atomic mass is 10.2. The molecule has 1 heterocycles. The maximum Gasteiger partial charge on any atom is 0.116 e. The van der Waals surface area contributed by atoms with Crippen molar-refractivity contribution in [1.82, 2.24) is 5.32 Å². The first-order valence-corrected chi connectivity index (χ1v) is 3.58. The Balaban J connectivity index is 2.45. The number of rotatable bonds is 1. The van der Waals surface area contributed by atoms with E-state index in [9.17, 15) is 0 Å². The van der Waals surface area contributed by atoms with Crippen LogP contribution in [0.4, 0.5) is 0 Å². The van der Waals surface area contributed by atoms with Gasteiger partial charge >= 0.3 is 0 Å². The summed E-state index contributed by atoms with van der Waals surface area (Å²) in [5.74, 6) is 0. The van der Waals surface area contributed by atoms with Crippen LogP contribution >= 0.6 is 0 Å². The van der Waals surface area contributed by atoms with E-state index in [2.05, 4.69) is 26.1 Å². The summed E-state index contributed by atoms with van der Waals surface area (Å²) in [5, 5.41) is 3.36. The fourth-order valence-electron chi connectivity index (χ4n) is 1.12. The minimum atomic E-state index is -0.0422. The second kappa shape index (κ2) is 2.27. The zero-order valence-electron chi connectivity index (χ0n) is 6.40. The molecule has 0 bridgehead atoms. The zero-order valence-corrected chi connectivity index (χ0v) is 6.40. The third-order valence-corrected chi connectivity index (χ3v) is 1.88. The standard InChI is InChI=1S/C7H15NO/c1-4-7(3)8-6(2)5-9-7/h6,8H,4-5H2,1-3H3. The monoisotopic (exact) mass is 129 g/mol. The number of ether oxygens (including phenoxy) is 1. The zero-order chi connectivity index (χ0) is 6.91. The number of nitrogens with one attached hydrogen (secondary N) is 1. The summed E-state index contributed by atoms with van der Waals surface area (Å²) >= 11 is 0. The van der Waals surface area contributed by atoms with Crippen molar-refractivity contribution >= 4 is 0 Å². The van der Waals surface area contributed by atoms with Gasteiger partial charge in [-0.3, -0.25) is 5.32 Å². The van der Waals surface area contributed by atoms with Gasteiger partial charge in [0.2, 0.25) is 0 Å². The van der Waals surface area contributed by atoms with Gasteiger partial charge in [0.25, 0.3) is 0 Å². The van der Waals surface area contributed by atoms with E-state index in [4.69, 9.17) is 4.74 Å². The van der Waals surface area contributed by atoms with Gasteiger partial charge < -0.3 is 4.74 Å². The lowest BCUT2D eigenvalue weighted by molar-refractivity contribution is 0.00343. The van der Waals surface area contributed by atoms with Gasteiger partial charge in [-0.15, -0.1) is 0 Å². The van der Waals surface area contributed by atoms with E-state index in [1.807, 2.05) is 0 Å². The van der Waals surface area contributed by atoms with Crippen LogP contribution in [0.3, 0.4) is 0 Å². The average Bonchev–Trinajstić information content (AvgIpc) is 2.13. The minimum absolute atomic E-state index is 0.0422. The van der Waals surface area contributed by atoms with Gasteiger partial charge in [-0.05, 0) is 20.3 Å². The Morgan fingerprint density at radius 2 is 2.44 bits per heavy atom. The molecule has 0 aliphatic carbocycles. The Morgan fingerprint density at radius 1 is 1.78 bits per heavy atom. The molecule has 0 aromatic carbocycles. The van der Waals surface area contributed by atoms with Crippen LogP contribution in [0.15, 0.2) is 0 Å². The molecule has 1 fully saturated rings. The summed E-state index contributed by atoms with van der Waals surface area (Å²) in [6, 6.07) is 0.523. The third kappa shape index (κ3) is 1.43. The van der Waals surface area contributed by atoms with Gasteiger partial charge in [0, 0.05) is 6.04 Å². The van der Waals surface area contributed by atoms with Crippen molar-refractivity contribution in [3.8, 4) is 0 Å². The van der Waals surface area contributed by atoms with Crippen LogP contribution in [-0.4, -0.2) is 18.4 Å². The first-order chi connectivity index (χ1) is 4.16. The van der Waals surface area contributed by atoms with Crippen molar-refractivity contribution < 1.29 is 4.74 Å². The summed E-state index contributed by atoms with van der Waals surface area (Å²) in [6.07, 6.45) is 1.04. The number of hydrogen-bond donors (Lipinski definition) is 1. The molecule has 9 heavy (non-hydrogen) atoms. The van der Waals surface area contributed by atoms with Gasteiger partial charge in [-0.25, -0.2) is 0 Å². The summed E-state index contributed by atoms with van der Waals surface area (Å²) < 4.78 is 5.49. The lowest BCUT2D eigenvalue weighted by Crippen LogP contribution is -2.39. The van der Waals surface area contributed by atoms with Crippen LogP contribution < -0.4 is 5.32 Å². The highest BCUT2D eigenvalue weighted by molar-refractivity contribution is 4.81. The Bertz CT molecular complexity index is 105. The van der Waals surface area contributed by atoms with Gasteiger partial charge in [0.1, 0.15) is 5.72 Å². The van der Waals surface area contributed by atoms with Crippen molar-refractivity contribution in [2.45, 2.75) is 39.0 Å². The van der Waals surface area contributed by atoms with Crippen LogP contribution in [0.2, 0.25) is 0 Å². The van der Waals surface area contributed by atoms with Gasteiger partial charge in [0.15, 0.2) is 0 Å². The van der Waals surface area contributed by atoms with Crippen LogP contribution in [0.1, 0.15) is 27.2 Å². The van der Waals surface area contributed by atoms with E-state index in [0.717, 1.165) is 13.0 Å². The first kappa shape index (κ1) is 7.03. The molecule has 0 aromatic heterocycles. The summed E-state index contributed by atoms with van der Waals surface area (Å²) in [5.41, 5.74) is -0.0422. The van der Waals surface area contributed by atoms with Crippen LogP contribution in [-0.2, 0) is 4.74 Å². The SMILES string of the molecule is CCC1(C)NC(C)CO1. The van der Waals surface area contributed by atoms with Gasteiger partial charge in [-0.2, -0.15) is 0 Å². The van der Waals surface area contributed by atoms with E-state index < -0.39 is 0 Å². The quantitative estimate of drug-likeness (QED) is 0.573. The molecule has 2 atom stereocenters. The van der Waals surface area contributed by atoms with E-state index in [1.54, 1.807) is 0 Å². The third-order valence-electron chi connectivity index (χ3n) is 1.88. The van der Waals surface area contributed by atoms with Crippen molar-refractivity contribution in [3.05, 3.63) is 0 Å². The van der Waals surface area contributed by atoms with Crippen LogP contribution in [0.5, 0.6) is 0 Å². The molecule has 0 radical (unpaired) electrons. The summed E-state index contributed by atoms with van der Waals surface area (Å²) in [4.78, 5) is 0. The average molecular weight is 129 g/mol. The number of hydrogen-bond acceptors (Lipinski definition) is 2. The highest BCUT2D eigenvalue weighted by Gasteiger charge is 2.30. The van der Waals surface area contributed by atoms with Gasteiger partial charge in [0.05, 0.1) is 6.61 Å². The lowest BCUT2D eigenvalue weighted by Gasteiger charge is -2.21. The Kier molecular flexibility index (Phi) is 1.78. The highest BCUT2D eigenvalue weighted by Crippen LogP contribution is 2.17. The Morgan fingerprint density at radius 3 is 2.67 bits per heavy atom. The highest BCUT2D eigenvalue weighted by atomic mass is 16.5. The van der Waals surface area contributed by atoms with Crippen molar-refractivity contribution in [1.29, 1.82) is 0 Å². The van der Waals surface area contributed by atoms with E-state index in [0.29, 0.717) is 6.04 Å². The largest absolute Gasteiger partial charge is 0.359 e. The molecule has 2 heteroatoms. The second-order valence-electron chi connectivity index (χ2n) is 2.94. The fourth-order valence-corrected chi connectivity index (χ4v) is 1.12. The molecule has 0 saturated carbocycles. The van der Waals surface area contributed by atoms with E-state index in [1.165, 1.54) is 0 Å². The molecule has 1 rings (SSSR count). The predicted molar refractivity (Wildman–Crippen MR) is 37.2 cm³/mol. The molecule has 54 valence electrons. The molecule has 1 aliphatic heterocycles. The Labute approximate surface area is 56.6 Å². The normalized spacial score (nSPS) is 43.7. The van der Waals surface area contributed by atoms with Crippen molar-refractivity contribution in [2.24, 2.45) is 0 Å². The second-order valence-corrected chi connectivity index (χ2v) is 2.94. The smallest absolute Gasteiger partial charge is 0.116 e. The van der Waals surface area contributed by atoms with Crippen molar-refractivity contribution in [3.63, 3.8) is 0 Å². The van der Waals surface area contributed by atoms with Crippen LogP contribution in [0, 0.1) is 0 Å². The maximum absolute atomic E-state index is 5.49. The molecule has 0 spiro atoms. The molecule has 0 aromatic rings. The van der Waals surface area contributed by atoms with Crippen LogP contribution in [0.25, 0.3) is 0 Å². The summed E-state index contributed by atoms with van der Waals surface area (Å²) in [6.45, 7) is 7.22. The molecule has 2 nitrogen and oxygen atoms in total. The molecular weight excluding hydrogens is 114 g/mol. The predicted octanol–water partition coefficient (Wildman–Crippen LogP) is 1.12. The molecule has 0 amide bonds. The molecule has 1 aliphatic rings. The summed E-state index contributed by atoms with van der Waals surface area (Å²) in [7, 11) is 0. The maximum atomic E-state index is 5.49. The van der Waals surface area contributed by atoms with Gasteiger partial charge in [-0.1, -0.05) is 6.92 Å². The van der Waals surface area contributed by atoms with E-state index >= 15 is 0 Å². The first-order valence-electron chi connectivity index (χ1n) is 3.58. The molecule has 2 unspecified atom stereocenters. The Hall–Kier alpha value is -0.0800.